The molecule has 2 aromatic rings. The van der Waals surface area contributed by atoms with E-state index in [2.05, 4.69) is 0 Å². The van der Waals surface area contributed by atoms with Gasteiger partial charge in [-0.25, -0.2) is 0 Å². The minimum absolute atomic E-state index is 0.167. The highest BCUT2D eigenvalue weighted by Gasteiger charge is 2.04. The zero-order valence-corrected chi connectivity index (χ0v) is 15.4. The molecule has 0 aliphatic heterocycles. The van der Waals surface area contributed by atoms with Crippen molar-refractivity contribution >= 4 is 5.97 Å². The molecule has 0 atom stereocenters. The molecule has 140 valence electrons. The lowest BCUT2D eigenvalue weighted by molar-refractivity contribution is -0.143. The van der Waals surface area contributed by atoms with Gasteiger partial charge in [0, 0.05) is 13.5 Å². The van der Waals surface area contributed by atoms with Crippen LogP contribution in [0.3, 0.4) is 0 Å². The zero-order valence-electron chi connectivity index (χ0n) is 15.4. The Labute approximate surface area is 154 Å². The minimum Gasteiger partial charge on any atom is -0.497 e. The summed E-state index contributed by atoms with van der Waals surface area (Å²) in [5.74, 6) is 1.43. The van der Waals surface area contributed by atoms with E-state index in [-0.39, 0.29) is 12.8 Å². The SMILES string of the molecule is COCOc1ccc(CCC(=O)OCCCc2ccc(OC)cc2)cc1. The summed E-state index contributed by atoms with van der Waals surface area (Å²) in [6.07, 6.45) is 2.71. The Hall–Kier alpha value is -2.53. The number of aryl methyl sites for hydroxylation is 2. The summed E-state index contributed by atoms with van der Waals surface area (Å²) < 4.78 is 20.6. The lowest BCUT2D eigenvalue weighted by Gasteiger charge is -2.07. The molecule has 0 aromatic heterocycles. The first-order chi connectivity index (χ1) is 12.7. The summed E-state index contributed by atoms with van der Waals surface area (Å²) >= 11 is 0. The van der Waals surface area contributed by atoms with Gasteiger partial charge in [-0.2, -0.15) is 0 Å². The monoisotopic (exact) mass is 358 g/mol. The summed E-state index contributed by atoms with van der Waals surface area (Å²) in [6, 6.07) is 15.6. The molecule has 26 heavy (non-hydrogen) atoms. The quantitative estimate of drug-likeness (QED) is 0.347. The summed E-state index contributed by atoms with van der Waals surface area (Å²) in [5.41, 5.74) is 2.28. The predicted molar refractivity (Wildman–Crippen MR) is 99.5 cm³/mol. The van der Waals surface area contributed by atoms with E-state index in [4.69, 9.17) is 18.9 Å². The van der Waals surface area contributed by atoms with Crippen molar-refractivity contribution in [3.8, 4) is 11.5 Å². The number of carbonyl (C=O) groups is 1. The van der Waals surface area contributed by atoms with Gasteiger partial charge in [-0.05, 0) is 54.7 Å². The van der Waals surface area contributed by atoms with Crippen LogP contribution in [-0.4, -0.2) is 33.6 Å². The molecule has 5 nitrogen and oxygen atoms in total. The summed E-state index contributed by atoms with van der Waals surface area (Å²) in [4.78, 5) is 11.8. The van der Waals surface area contributed by atoms with Gasteiger partial charge in [0.1, 0.15) is 11.5 Å². The zero-order chi connectivity index (χ0) is 18.6. The Bertz CT molecular complexity index is 649. The third-order valence-electron chi connectivity index (χ3n) is 3.92. The van der Waals surface area contributed by atoms with Crippen molar-refractivity contribution in [2.75, 3.05) is 27.6 Å². The molecule has 0 aliphatic rings. The molecule has 0 bridgehead atoms. The molecule has 0 N–H and O–H groups in total. The smallest absolute Gasteiger partial charge is 0.306 e. The second-order valence-electron chi connectivity index (χ2n) is 5.87. The van der Waals surface area contributed by atoms with Gasteiger partial charge in [0.2, 0.25) is 0 Å². The molecule has 0 unspecified atom stereocenters. The van der Waals surface area contributed by atoms with E-state index < -0.39 is 0 Å². The maximum absolute atomic E-state index is 11.8. The number of hydrogen-bond acceptors (Lipinski definition) is 5. The van der Waals surface area contributed by atoms with E-state index in [0.29, 0.717) is 19.4 Å². The first-order valence-electron chi connectivity index (χ1n) is 8.70. The minimum atomic E-state index is -0.167. The van der Waals surface area contributed by atoms with Crippen LogP contribution in [0.25, 0.3) is 0 Å². The van der Waals surface area contributed by atoms with Crippen molar-refractivity contribution in [2.45, 2.75) is 25.7 Å². The maximum atomic E-state index is 11.8. The number of esters is 1. The maximum Gasteiger partial charge on any atom is 0.306 e. The standard InChI is InChI=1S/C21H26O5/c1-23-16-26-20-12-7-18(8-13-20)9-14-21(22)25-15-3-4-17-5-10-19(24-2)11-6-17/h5-8,10-13H,3-4,9,14-16H2,1-2H3. The predicted octanol–water partition coefficient (Wildman–Crippen LogP) is 3.79. The summed E-state index contributed by atoms with van der Waals surface area (Å²) in [7, 11) is 3.23. The molecular formula is C21H26O5. The average molecular weight is 358 g/mol. The molecule has 0 spiro atoms. The van der Waals surface area contributed by atoms with Gasteiger partial charge >= 0.3 is 5.97 Å². The van der Waals surface area contributed by atoms with Crippen molar-refractivity contribution in [1.29, 1.82) is 0 Å². The molecule has 0 amide bonds. The highest BCUT2D eigenvalue weighted by atomic mass is 16.7. The number of methoxy groups -OCH3 is 2. The van der Waals surface area contributed by atoms with E-state index in [0.717, 1.165) is 29.9 Å². The number of carbonyl (C=O) groups excluding carboxylic acids is 1. The fourth-order valence-electron chi connectivity index (χ4n) is 2.45. The molecule has 2 aromatic carbocycles. The van der Waals surface area contributed by atoms with Crippen LogP contribution in [0.1, 0.15) is 24.0 Å². The van der Waals surface area contributed by atoms with Gasteiger partial charge in [-0.3, -0.25) is 4.79 Å². The fourth-order valence-corrected chi connectivity index (χ4v) is 2.45. The fraction of sp³-hybridized carbons (Fsp3) is 0.381. The summed E-state index contributed by atoms with van der Waals surface area (Å²) in [6.45, 7) is 0.664. The molecule has 0 fully saturated rings. The molecular weight excluding hydrogens is 332 g/mol. The largest absolute Gasteiger partial charge is 0.497 e. The van der Waals surface area contributed by atoms with Gasteiger partial charge in [0.25, 0.3) is 0 Å². The van der Waals surface area contributed by atoms with E-state index in [9.17, 15) is 4.79 Å². The van der Waals surface area contributed by atoms with Crippen LogP contribution in [0.4, 0.5) is 0 Å². The van der Waals surface area contributed by atoms with Crippen molar-refractivity contribution < 1.29 is 23.7 Å². The Morgan fingerprint density at radius 2 is 1.46 bits per heavy atom. The first kappa shape index (κ1) is 19.8. The van der Waals surface area contributed by atoms with Crippen molar-refractivity contribution in [2.24, 2.45) is 0 Å². The van der Waals surface area contributed by atoms with Crippen LogP contribution in [0.2, 0.25) is 0 Å². The van der Waals surface area contributed by atoms with Gasteiger partial charge in [0.15, 0.2) is 6.79 Å². The van der Waals surface area contributed by atoms with Crippen LogP contribution in [0, 0.1) is 0 Å². The Morgan fingerprint density at radius 3 is 2.08 bits per heavy atom. The van der Waals surface area contributed by atoms with Gasteiger partial charge in [-0.1, -0.05) is 24.3 Å². The van der Waals surface area contributed by atoms with Gasteiger partial charge in [0.05, 0.1) is 13.7 Å². The van der Waals surface area contributed by atoms with Crippen molar-refractivity contribution in [1.82, 2.24) is 0 Å². The lowest BCUT2D eigenvalue weighted by atomic mass is 10.1. The number of hydrogen-bond donors (Lipinski definition) is 0. The topological polar surface area (TPSA) is 54.0 Å². The molecule has 0 radical (unpaired) electrons. The lowest BCUT2D eigenvalue weighted by Crippen LogP contribution is -2.07. The molecule has 0 aliphatic carbocycles. The van der Waals surface area contributed by atoms with E-state index in [1.165, 1.54) is 5.56 Å². The molecule has 5 heteroatoms. The van der Waals surface area contributed by atoms with Crippen LogP contribution >= 0.6 is 0 Å². The van der Waals surface area contributed by atoms with Gasteiger partial charge in [-0.15, -0.1) is 0 Å². The Kier molecular flexibility index (Phi) is 8.49. The van der Waals surface area contributed by atoms with Crippen molar-refractivity contribution in [3.05, 3.63) is 59.7 Å². The summed E-state index contributed by atoms with van der Waals surface area (Å²) in [5, 5.41) is 0. The molecule has 0 saturated carbocycles. The van der Waals surface area contributed by atoms with Crippen LogP contribution in [-0.2, 0) is 27.1 Å². The van der Waals surface area contributed by atoms with Crippen LogP contribution in [0.5, 0.6) is 11.5 Å². The van der Waals surface area contributed by atoms with E-state index in [1.54, 1.807) is 14.2 Å². The third-order valence-corrected chi connectivity index (χ3v) is 3.92. The third kappa shape index (κ3) is 7.15. The number of rotatable bonds is 11. The normalized spacial score (nSPS) is 10.4. The molecule has 0 heterocycles. The first-order valence-corrected chi connectivity index (χ1v) is 8.70. The Morgan fingerprint density at radius 1 is 0.846 bits per heavy atom. The van der Waals surface area contributed by atoms with Gasteiger partial charge < -0.3 is 18.9 Å². The number of benzene rings is 2. The second kappa shape index (κ2) is 11.2. The number of ether oxygens (including phenoxy) is 4. The molecule has 2 rings (SSSR count). The second-order valence-corrected chi connectivity index (χ2v) is 5.87. The molecule has 0 saturated heterocycles. The average Bonchev–Trinajstić information content (AvgIpc) is 2.69. The van der Waals surface area contributed by atoms with Crippen LogP contribution in [0.15, 0.2) is 48.5 Å². The Balaban J connectivity index is 1.61. The van der Waals surface area contributed by atoms with E-state index in [1.807, 2.05) is 48.5 Å². The highest BCUT2D eigenvalue weighted by Crippen LogP contribution is 2.14. The van der Waals surface area contributed by atoms with Crippen molar-refractivity contribution in [3.63, 3.8) is 0 Å². The highest BCUT2D eigenvalue weighted by molar-refractivity contribution is 5.69. The van der Waals surface area contributed by atoms with E-state index >= 15 is 0 Å². The van der Waals surface area contributed by atoms with Crippen LogP contribution < -0.4 is 9.47 Å².